The summed E-state index contributed by atoms with van der Waals surface area (Å²) in [5.41, 5.74) is -0.244. The van der Waals surface area contributed by atoms with Crippen LogP contribution in [0.5, 0.6) is 0 Å². The van der Waals surface area contributed by atoms with Gasteiger partial charge in [-0.3, -0.25) is 4.90 Å². The predicted molar refractivity (Wildman–Crippen MR) is 61.5 cm³/mol. The summed E-state index contributed by atoms with van der Waals surface area (Å²) in [5.74, 6) is 5.45. The van der Waals surface area contributed by atoms with Gasteiger partial charge in [0.1, 0.15) is 0 Å². The van der Waals surface area contributed by atoms with E-state index in [0.29, 0.717) is 13.2 Å². The molecule has 86 valence electrons. The molecule has 0 saturated carbocycles. The van der Waals surface area contributed by atoms with Crippen molar-refractivity contribution < 1.29 is 9.47 Å². The lowest BCUT2D eigenvalue weighted by Crippen LogP contribution is -2.46. The monoisotopic (exact) mass is 211 g/mol. The molecule has 0 aromatic carbocycles. The second kappa shape index (κ2) is 7.70. The second-order valence-electron chi connectivity index (χ2n) is 3.80. The summed E-state index contributed by atoms with van der Waals surface area (Å²) < 4.78 is 10.1. The molecule has 2 radical (unpaired) electrons. The molecule has 0 aliphatic heterocycles. The highest BCUT2D eigenvalue weighted by molar-refractivity contribution is 5.16. The number of methoxy groups -OCH3 is 2. The highest BCUT2D eigenvalue weighted by Gasteiger charge is 2.23. The molecule has 0 aromatic rings. The van der Waals surface area contributed by atoms with Gasteiger partial charge in [0, 0.05) is 27.3 Å². The van der Waals surface area contributed by atoms with E-state index in [1.807, 2.05) is 13.8 Å². The Morgan fingerprint density at radius 3 is 1.93 bits per heavy atom. The van der Waals surface area contributed by atoms with Crippen LogP contribution in [0.1, 0.15) is 13.8 Å². The number of hydrogen-bond acceptors (Lipinski definition) is 3. The van der Waals surface area contributed by atoms with Gasteiger partial charge in [0.05, 0.1) is 25.7 Å². The van der Waals surface area contributed by atoms with Crippen LogP contribution in [0.2, 0.25) is 0 Å². The zero-order chi connectivity index (χ0) is 11.7. The van der Waals surface area contributed by atoms with E-state index >= 15 is 0 Å². The topological polar surface area (TPSA) is 21.7 Å². The van der Waals surface area contributed by atoms with Gasteiger partial charge < -0.3 is 9.47 Å². The molecule has 0 rings (SSSR count). The Hall–Kier alpha value is -0.560. The van der Waals surface area contributed by atoms with Crippen molar-refractivity contribution in [3.8, 4) is 11.8 Å². The average molecular weight is 211 g/mol. The molecule has 0 aliphatic carbocycles. The minimum Gasteiger partial charge on any atom is -0.383 e. The van der Waals surface area contributed by atoms with Crippen LogP contribution >= 0.6 is 0 Å². The molecule has 0 amide bonds. The summed E-state index contributed by atoms with van der Waals surface area (Å²) in [4.78, 5) is 2.19. The van der Waals surface area contributed by atoms with Gasteiger partial charge in [-0.05, 0) is 13.8 Å². The fraction of sp³-hybridized carbons (Fsp3) is 0.750. The van der Waals surface area contributed by atoms with Crippen molar-refractivity contribution in [2.45, 2.75) is 19.4 Å². The van der Waals surface area contributed by atoms with E-state index in [1.54, 1.807) is 14.2 Å². The minimum atomic E-state index is -0.244. The first-order chi connectivity index (χ1) is 7.08. The third kappa shape index (κ3) is 5.78. The van der Waals surface area contributed by atoms with Crippen LogP contribution in [0.25, 0.3) is 0 Å². The van der Waals surface area contributed by atoms with Gasteiger partial charge in [0.25, 0.3) is 0 Å². The molecule has 0 heterocycles. The van der Waals surface area contributed by atoms with Crippen LogP contribution in [-0.4, -0.2) is 51.0 Å². The van der Waals surface area contributed by atoms with E-state index in [0.717, 1.165) is 13.1 Å². The zero-order valence-corrected chi connectivity index (χ0v) is 10.2. The van der Waals surface area contributed by atoms with Gasteiger partial charge in [-0.25, -0.2) is 0 Å². The first kappa shape index (κ1) is 14.4. The molecule has 0 fully saturated rings. The maximum absolute atomic E-state index is 5.26. The van der Waals surface area contributed by atoms with Crippen LogP contribution in [0.3, 0.4) is 0 Å². The van der Waals surface area contributed by atoms with E-state index in [-0.39, 0.29) is 5.54 Å². The lowest BCUT2D eigenvalue weighted by molar-refractivity contribution is 0.0753. The summed E-state index contributed by atoms with van der Waals surface area (Å²) >= 11 is 0. The van der Waals surface area contributed by atoms with Gasteiger partial charge >= 0.3 is 0 Å². The van der Waals surface area contributed by atoms with Crippen molar-refractivity contribution in [1.82, 2.24) is 4.90 Å². The SMILES string of the molecule is [CH]C#CC(C)(C)N(CCOC)CCOC. The van der Waals surface area contributed by atoms with Crippen molar-refractivity contribution >= 4 is 0 Å². The van der Waals surface area contributed by atoms with Crippen molar-refractivity contribution in [3.05, 3.63) is 6.92 Å². The first-order valence-electron chi connectivity index (χ1n) is 5.04. The quantitative estimate of drug-likeness (QED) is 0.588. The molecule has 15 heavy (non-hydrogen) atoms. The van der Waals surface area contributed by atoms with Crippen LogP contribution in [0.15, 0.2) is 0 Å². The van der Waals surface area contributed by atoms with Gasteiger partial charge in [0.15, 0.2) is 0 Å². The standard InChI is InChI=1S/C12H21NO2/c1-6-7-12(2,3)13(8-10-14-4)9-11-15-5/h1H,8-11H2,2-5H3. The van der Waals surface area contributed by atoms with Crippen LogP contribution < -0.4 is 0 Å². The van der Waals surface area contributed by atoms with E-state index in [4.69, 9.17) is 16.4 Å². The molecule has 0 N–H and O–H groups in total. The number of hydrogen-bond donors (Lipinski definition) is 0. The molecule has 0 aliphatic rings. The Labute approximate surface area is 93.7 Å². The Morgan fingerprint density at radius 2 is 1.60 bits per heavy atom. The second-order valence-corrected chi connectivity index (χ2v) is 3.80. The summed E-state index contributed by atoms with van der Waals surface area (Å²) in [7, 11) is 3.38. The van der Waals surface area contributed by atoms with Gasteiger partial charge in [0.2, 0.25) is 0 Å². The molecule has 0 aromatic heterocycles. The van der Waals surface area contributed by atoms with Crippen molar-refractivity contribution in [2.24, 2.45) is 0 Å². The molecule has 0 spiro atoms. The van der Waals surface area contributed by atoms with Crippen LogP contribution in [0.4, 0.5) is 0 Å². The molecule has 0 bridgehead atoms. The Kier molecular flexibility index (Phi) is 7.41. The van der Waals surface area contributed by atoms with Crippen molar-refractivity contribution in [2.75, 3.05) is 40.5 Å². The number of ether oxygens (including phenoxy) is 2. The summed E-state index contributed by atoms with van der Waals surface area (Å²) in [6.07, 6.45) is 0. The van der Waals surface area contributed by atoms with Crippen molar-refractivity contribution in [1.29, 1.82) is 0 Å². The molecular weight excluding hydrogens is 190 g/mol. The Morgan fingerprint density at radius 1 is 1.13 bits per heavy atom. The zero-order valence-electron chi connectivity index (χ0n) is 10.2. The van der Waals surface area contributed by atoms with E-state index in [9.17, 15) is 0 Å². The maximum Gasteiger partial charge on any atom is 0.0770 e. The smallest absolute Gasteiger partial charge is 0.0770 e. The van der Waals surface area contributed by atoms with E-state index < -0.39 is 0 Å². The molecule has 3 nitrogen and oxygen atoms in total. The van der Waals surface area contributed by atoms with E-state index in [2.05, 4.69) is 16.7 Å². The number of rotatable bonds is 7. The van der Waals surface area contributed by atoms with Gasteiger partial charge in [-0.2, -0.15) is 0 Å². The summed E-state index contributed by atoms with van der Waals surface area (Å²) in [5, 5.41) is 0. The molecule has 3 heteroatoms. The highest BCUT2D eigenvalue weighted by Crippen LogP contribution is 2.12. The Balaban J connectivity index is 4.35. The highest BCUT2D eigenvalue weighted by atomic mass is 16.5. The van der Waals surface area contributed by atoms with E-state index in [1.165, 1.54) is 0 Å². The fourth-order valence-corrected chi connectivity index (χ4v) is 1.33. The average Bonchev–Trinajstić information content (AvgIpc) is 2.17. The molecule has 0 atom stereocenters. The summed E-state index contributed by atoms with van der Waals surface area (Å²) in [6, 6.07) is 0. The summed E-state index contributed by atoms with van der Waals surface area (Å²) in [6.45, 7) is 12.3. The van der Waals surface area contributed by atoms with Crippen LogP contribution in [-0.2, 0) is 9.47 Å². The largest absolute Gasteiger partial charge is 0.383 e. The molecule has 0 saturated heterocycles. The third-order valence-electron chi connectivity index (χ3n) is 2.30. The third-order valence-corrected chi connectivity index (χ3v) is 2.30. The predicted octanol–water partition coefficient (Wildman–Crippen LogP) is 1.07. The lowest BCUT2D eigenvalue weighted by Gasteiger charge is -2.34. The molecule has 0 unspecified atom stereocenters. The van der Waals surface area contributed by atoms with Crippen LogP contribution in [0, 0.1) is 18.8 Å². The normalized spacial score (nSPS) is 11.3. The first-order valence-corrected chi connectivity index (χ1v) is 5.04. The maximum atomic E-state index is 5.26. The number of nitrogens with zero attached hydrogens (tertiary/aromatic N) is 1. The molecular formula is C12H21NO2. The fourth-order valence-electron chi connectivity index (χ4n) is 1.33. The van der Waals surface area contributed by atoms with Gasteiger partial charge in [-0.1, -0.05) is 11.8 Å². The lowest BCUT2D eigenvalue weighted by atomic mass is 10.0. The minimum absolute atomic E-state index is 0.244. The van der Waals surface area contributed by atoms with Crippen molar-refractivity contribution in [3.63, 3.8) is 0 Å². The van der Waals surface area contributed by atoms with Gasteiger partial charge in [-0.15, -0.1) is 0 Å². The Bertz CT molecular complexity index is 207.